The second kappa shape index (κ2) is 7.64. The first-order chi connectivity index (χ1) is 14.1. The summed E-state index contributed by atoms with van der Waals surface area (Å²) in [5.74, 6) is -0.434. The van der Waals surface area contributed by atoms with Crippen molar-refractivity contribution in [1.29, 1.82) is 0 Å². The number of nitrogens with one attached hydrogen (secondary N) is 1. The van der Waals surface area contributed by atoms with Crippen LogP contribution in [0, 0.1) is 6.92 Å². The van der Waals surface area contributed by atoms with Crippen LogP contribution in [0.1, 0.15) is 27.0 Å². The maximum Gasteiger partial charge on any atom is 0.337 e. The summed E-state index contributed by atoms with van der Waals surface area (Å²) in [4.78, 5) is 19.7. The quantitative estimate of drug-likeness (QED) is 0.378. The predicted octanol–water partition coefficient (Wildman–Crippen LogP) is 5.14. The summed E-state index contributed by atoms with van der Waals surface area (Å²) in [6.07, 6.45) is 0. The van der Waals surface area contributed by atoms with E-state index in [4.69, 9.17) is 9.73 Å². The number of hydrogen-bond acceptors (Lipinski definition) is 4. The van der Waals surface area contributed by atoms with E-state index in [9.17, 15) is 9.90 Å². The molecule has 0 spiro atoms. The molecular formula is C24H20N2O3. The zero-order chi connectivity index (χ0) is 20.4. The van der Waals surface area contributed by atoms with Gasteiger partial charge in [0.2, 0.25) is 0 Å². The van der Waals surface area contributed by atoms with Crippen molar-refractivity contribution >= 4 is 28.3 Å². The topological polar surface area (TPSA) is 74.7 Å². The highest BCUT2D eigenvalue weighted by Gasteiger charge is 2.19. The third kappa shape index (κ3) is 3.62. The Kier molecular flexibility index (Phi) is 4.87. The molecule has 0 aliphatic rings. The molecule has 0 unspecified atom stereocenters. The molecular weight excluding hydrogens is 364 g/mol. The van der Waals surface area contributed by atoms with Gasteiger partial charge in [-0.2, -0.15) is 0 Å². The normalized spacial score (nSPS) is 11.6. The highest BCUT2D eigenvalue weighted by atomic mass is 16.5. The number of esters is 1. The highest BCUT2D eigenvalue weighted by molar-refractivity contribution is 6.22. The lowest BCUT2D eigenvalue weighted by atomic mass is 10.00. The van der Waals surface area contributed by atoms with E-state index in [1.807, 2.05) is 61.5 Å². The van der Waals surface area contributed by atoms with Crippen LogP contribution in [0.3, 0.4) is 0 Å². The Morgan fingerprint density at radius 3 is 2.38 bits per heavy atom. The zero-order valence-corrected chi connectivity index (χ0v) is 16.1. The number of aromatic nitrogens is 1. The van der Waals surface area contributed by atoms with Crippen LogP contribution in [-0.4, -0.2) is 28.9 Å². The van der Waals surface area contributed by atoms with Crippen molar-refractivity contribution in [2.45, 2.75) is 6.92 Å². The molecule has 0 saturated heterocycles. The van der Waals surface area contributed by atoms with Crippen molar-refractivity contribution in [3.05, 3.63) is 95.1 Å². The molecule has 0 atom stereocenters. The van der Waals surface area contributed by atoms with E-state index in [1.165, 1.54) is 7.11 Å². The molecule has 5 heteroatoms. The van der Waals surface area contributed by atoms with E-state index in [-0.39, 0.29) is 5.88 Å². The molecule has 5 nitrogen and oxygen atoms in total. The number of benzene rings is 3. The molecule has 1 heterocycles. The lowest BCUT2D eigenvalue weighted by molar-refractivity contribution is 0.0601. The van der Waals surface area contributed by atoms with Crippen LogP contribution in [0.4, 0.5) is 5.69 Å². The lowest BCUT2D eigenvalue weighted by Crippen LogP contribution is -2.03. The van der Waals surface area contributed by atoms with E-state index in [0.717, 1.165) is 22.2 Å². The molecule has 0 aliphatic carbocycles. The maximum absolute atomic E-state index is 11.9. The number of hydrogen-bond donors (Lipinski definition) is 2. The molecule has 144 valence electrons. The van der Waals surface area contributed by atoms with Gasteiger partial charge in [-0.1, -0.05) is 54.1 Å². The summed E-state index contributed by atoms with van der Waals surface area (Å²) >= 11 is 0. The van der Waals surface area contributed by atoms with Crippen LogP contribution in [-0.2, 0) is 4.74 Å². The summed E-state index contributed by atoms with van der Waals surface area (Å²) in [5.41, 5.74) is 5.08. The summed E-state index contributed by atoms with van der Waals surface area (Å²) in [6.45, 7) is 2.02. The predicted molar refractivity (Wildman–Crippen MR) is 114 cm³/mol. The molecule has 4 rings (SSSR count). The van der Waals surface area contributed by atoms with Crippen molar-refractivity contribution in [2.24, 2.45) is 4.99 Å². The number of rotatable bonds is 4. The number of aromatic amines is 1. The number of H-pyrrole nitrogens is 1. The summed E-state index contributed by atoms with van der Waals surface area (Å²) in [5, 5.41) is 11.5. The lowest BCUT2D eigenvalue weighted by Gasteiger charge is -2.08. The van der Waals surface area contributed by atoms with Gasteiger partial charge in [-0.25, -0.2) is 9.79 Å². The largest absolute Gasteiger partial charge is 0.494 e. The fraction of sp³-hybridized carbons (Fsp3) is 0.0833. The highest BCUT2D eigenvalue weighted by Crippen LogP contribution is 2.32. The number of aromatic hydroxyl groups is 1. The maximum atomic E-state index is 11.9. The monoisotopic (exact) mass is 384 g/mol. The fourth-order valence-electron chi connectivity index (χ4n) is 3.28. The van der Waals surface area contributed by atoms with Crippen molar-refractivity contribution in [3.8, 4) is 5.88 Å². The Hall–Kier alpha value is -3.86. The molecule has 29 heavy (non-hydrogen) atoms. The third-order valence-electron chi connectivity index (χ3n) is 4.76. The minimum absolute atomic E-state index is 0.00303. The molecule has 1 aromatic heterocycles. The van der Waals surface area contributed by atoms with Gasteiger partial charge in [0.15, 0.2) is 5.88 Å². The minimum atomic E-state index is -0.431. The summed E-state index contributed by atoms with van der Waals surface area (Å²) in [6, 6.07) is 22.7. The van der Waals surface area contributed by atoms with E-state index < -0.39 is 5.97 Å². The minimum Gasteiger partial charge on any atom is -0.494 e. The van der Waals surface area contributed by atoms with E-state index >= 15 is 0 Å². The van der Waals surface area contributed by atoms with Crippen LogP contribution in [0.2, 0.25) is 0 Å². The second-order valence-electron chi connectivity index (χ2n) is 6.76. The Bertz CT molecular complexity index is 1210. The van der Waals surface area contributed by atoms with Crippen LogP contribution in [0.25, 0.3) is 10.9 Å². The van der Waals surface area contributed by atoms with Crippen LogP contribution < -0.4 is 0 Å². The Morgan fingerprint density at radius 1 is 0.966 bits per heavy atom. The standard InChI is InChI=1S/C24H20N2O3/c1-15-8-11-18(12-9-15)25-22(16-6-4-3-5-7-16)21-19-13-10-17(24(28)29-2)14-20(19)26-23(21)27/h3-14,26-27H,1-2H3. The number of ether oxygens (including phenoxy) is 1. The molecule has 2 N–H and O–H groups in total. The molecule has 4 aromatic rings. The molecule has 0 amide bonds. The molecule has 0 fully saturated rings. The number of methoxy groups -OCH3 is 1. The summed E-state index contributed by atoms with van der Waals surface area (Å²) < 4.78 is 4.79. The number of fused-ring (bicyclic) bond motifs is 1. The molecule has 0 aliphatic heterocycles. The average molecular weight is 384 g/mol. The van der Waals surface area contributed by atoms with Crippen LogP contribution >= 0.6 is 0 Å². The Labute approximate surface area is 168 Å². The van der Waals surface area contributed by atoms with E-state index in [0.29, 0.717) is 22.4 Å². The number of aliphatic imine (C=N–C) groups is 1. The Balaban J connectivity index is 1.93. The zero-order valence-electron chi connectivity index (χ0n) is 16.1. The number of aryl methyl sites for hydroxylation is 1. The van der Waals surface area contributed by atoms with Gasteiger partial charge in [-0.3, -0.25) is 0 Å². The van der Waals surface area contributed by atoms with Crippen molar-refractivity contribution in [1.82, 2.24) is 4.98 Å². The number of nitrogens with zero attached hydrogens (tertiary/aromatic N) is 1. The van der Waals surface area contributed by atoms with Crippen molar-refractivity contribution in [2.75, 3.05) is 7.11 Å². The SMILES string of the molecule is COC(=O)c1ccc2c(C(=Nc3ccc(C)cc3)c3ccccc3)c(O)[nH]c2c1. The molecule has 0 radical (unpaired) electrons. The first kappa shape index (κ1) is 18.5. The first-order valence-electron chi connectivity index (χ1n) is 9.21. The van der Waals surface area contributed by atoms with E-state index in [2.05, 4.69) is 4.98 Å². The van der Waals surface area contributed by atoms with Gasteiger partial charge in [0.05, 0.1) is 29.6 Å². The van der Waals surface area contributed by atoms with Crippen molar-refractivity contribution in [3.63, 3.8) is 0 Å². The smallest absolute Gasteiger partial charge is 0.337 e. The first-order valence-corrected chi connectivity index (χ1v) is 9.21. The van der Waals surface area contributed by atoms with Crippen LogP contribution in [0.5, 0.6) is 5.88 Å². The van der Waals surface area contributed by atoms with Gasteiger partial charge in [-0.05, 0) is 31.2 Å². The number of carbonyl (C=O) groups is 1. The Morgan fingerprint density at radius 2 is 1.69 bits per heavy atom. The molecule has 0 saturated carbocycles. The van der Waals surface area contributed by atoms with Gasteiger partial charge in [-0.15, -0.1) is 0 Å². The fourth-order valence-corrected chi connectivity index (χ4v) is 3.28. The van der Waals surface area contributed by atoms with E-state index in [1.54, 1.807) is 18.2 Å². The summed E-state index contributed by atoms with van der Waals surface area (Å²) in [7, 11) is 1.34. The van der Waals surface area contributed by atoms with Crippen LogP contribution in [0.15, 0.2) is 77.8 Å². The molecule has 0 bridgehead atoms. The van der Waals surface area contributed by atoms with Gasteiger partial charge in [0.25, 0.3) is 0 Å². The van der Waals surface area contributed by atoms with Gasteiger partial charge in [0.1, 0.15) is 0 Å². The van der Waals surface area contributed by atoms with Gasteiger partial charge in [0, 0.05) is 16.5 Å². The average Bonchev–Trinajstić information content (AvgIpc) is 3.08. The second-order valence-corrected chi connectivity index (χ2v) is 6.76. The van der Waals surface area contributed by atoms with Crippen molar-refractivity contribution < 1.29 is 14.6 Å². The van der Waals surface area contributed by atoms with Gasteiger partial charge >= 0.3 is 5.97 Å². The van der Waals surface area contributed by atoms with Gasteiger partial charge < -0.3 is 14.8 Å². The number of carbonyl (C=O) groups excluding carboxylic acids is 1. The molecule has 3 aromatic carbocycles. The third-order valence-corrected chi connectivity index (χ3v) is 4.76.